The average Bonchev–Trinajstić information content (AvgIpc) is 2.75. The largest absolute Gasteiger partial charge is 0.345 e. The molecule has 0 aromatic heterocycles. The van der Waals surface area contributed by atoms with E-state index in [2.05, 4.69) is 22.2 Å². The fourth-order valence-electron chi connectivity index (χ4n) is 3.65. The Balaban J connectivity index is 1.45. The van der Waals surface area contributed by atoms with Gasteiger partial charge in [0.05, 0.1) is 10.9 Å². The Bertz CT molecular complexity index is 1110. The van der Waals surface area contributed by atoms with Crippen molar-refractivity contribution in [3.05, 3.63) is 95.6 Å². The van der Waals surface area contributed by atoms with Crippen molar-refractivity contribution in [2.75, 3.05) is 4.72 Å². The van der Waals surface area contributed by atoms with Crippen LogP contribution in [0.25, 0.3) is 0 Å². The third kappa shape index (κ3) is 4.32. The number of benzene rings is 3. The second kappa shape index (κ2) is 8.09. The molecule has 1 atom stereocenters. The molecule has 2 N–H and O–H groups in total. The van der Waals surface area contributed by atoms with Crippen molar-refractivity contribution in [3.8, 4) is 0 Å². The minimum absolute atomic E-state index is 0.00344. The molecule has 0 radical (unpaired) electrons. The Morgan fingerprint density at radius 3 is 2.31 bits per heavy atom. The van der Waals surface area contributed by atoms with Crippen LogP contribution in [0.3, 0.4) is 0 Å². The summed E-state index contributed by atoms with van der Waals surface area (Å²) in [6.07, 6.45) is 3.00. The normalized spacial score (nSPS) is 15.9. The topological polar surface area (TPSA) is 75.3 Å². The molecule has 0 aliphatic heterocycles. The molecule has 29 heavy (non-hydrogen) atoms. The maximum absolute atomic E-state index is 12.7. The molecule has 4 rings (SSSR count). The first-order chi connectivity index (χ1) is 14.0. The molecular weight excluding hydrogens is 384 g/mol. The number of hydrogen-bond acceptors (Lipinski definition) is 3. The van der Waals surface area contributed by atoms with Gasteiger partial charge in [0, 0.05) is 11.3 Å². The Morgan fingerprint density at radius 2 is 1.55 bits per heavy atom. The van der Waals surface area contributed by atoms with Gasteiger partial charge in [0.25, 0.3) is 15.9 Å². The second-order valence-corrected chi connectivity index (χ2v) is 8.80. The van der Waals surface area contributed by atoms with E-state index in [4.69, 9.17) is 0 Å². The van der Waals surface area contributed by atoms with Crippen molar-refractivity contribution in [1.29, 1.82) is 0 Å². The van der Waals surface area contributed by atoms with Gasteiger partial charge >= 0.3 is 0 Å². The summed E-state index contributed by atoms with van der Waals surface area (Å²) in [7, 11) is -3.65. The lowest BCUT2D eigenvalue weighted by molar-refractivity contribution is 0.0933. The molecule has 0 spiro atoms. The van der Waals surface area contributed by atoms with Gasteiger partial charge in [0.15, 0.2) is 0 Å². The lowest BCUT2D eigenvalue weighted by Crippen LogP contribution is -2.30. The van der Waals surface area contributed by atoms with Crippen LogP contribution in [0, 0.1) is 0 Å². The van der Waals surface area contributed by atoms with Crippen LogP contribution in [0.1, 0.15) is 40.4 Å². The summed E-state index contributed by atoms with van der Waals surface area (Å²) in [5.74, 6) is -0.163. The number of carbonyl (C=O) groups is 1. The smallest absolute Gasteiger partial charge is 0.261 e. The van der Waals surface area contributed by atoms with Crippen LogP contribution in [0.15, 0.2) is 83.8 Å². The summed E-state index contributed by atoms with van der Waals surface area (Å²) in [5.41, 5.74) is 3.37. The van der Waals surface area contributed by atoms with E-state index in [1.165, 1.54) is 23.3 Å². The van der Waals surface area contributed by atoms with E-state index in [1.54, 1.807) is 42.5 Å². The fraction of sp³-hybridized carbons (Fsp3) is 0.174. The molecule has 5 nitrogen and oxygen atoms in total. The summed E-state index contributed by atoms with van der Waals surface area (Å²) in [4.78, 5) is 12.9. The summed E-state index contributed by atoms with van der Waals surface area (Å²) < 4.78 is 27.4. The highest BCUT2D eigenvalue weighted by molar-refractivity contribution is 7.92. The number of hydrogen-bond donors (Lipinski definition) is 2. The van der Waals surface area contributed by atoms with Crippen LogP contribution in [0.2, 0.25) is 0 Å². The Hall–Kier alpha value is -3.12. The monoisotopic (exact) mass is 406 g/mol. The fourth-order valence-corrected chi connectivity index (χ4v) is 4.73. The van der Waals surface area contributed by atoms with Crippen molar-refractivity contribution in [3.63, 3.8) is 0 Å². The molecule has 3 aromatic carbocycles. The van der Waals surface area contributed by atoms with Gasteiger partial charge in [0.1, 0.15) is 0 Å². The first-order valence-corrected chi connectivity index (χ1v) is 11.1. The molecule has 0 heterocycles. The van der Waals surface area contributed by atoms with Crippen molar-refractivity contribution in [1.82, 2.24) is 5.32 Å². The van der Waals surface area contributed by atoms with Gasteiger partial charge < -0.3 is 5.32 Å². The zero-order valence-electron chi connectivity index (χ0n) is 15.8. The number of carbonyl (C=O) groups excluding carboxylic acids is 1. The van der Waals surface area contributed by atoms with Crippen LogP contribution in [-0.4, -0.2) is 14.3 Å². The molecule has 0 fully saturated rings. The van der Waals surface area contributed by atoms with Crippen molar-refractivity contribution < 1.29 is 13.2 Å². The highest BCUT2D eigenvalue weighted by Crippen LogP contribution is 2.29. The Labute approximate surface area is 170 Å². The van der Waals surface area contributed by atoms with Gasteiger partial charge in [-0.25, -0.2) is 8.42 Å². The second-order valence-electron chi connectivity index (χ2n) is 7.11. The number of rotatable bonds is 5. The maximum atomic E-state index is 12.7. The van der Waals surface area contributed by atoms with Crippen molar-refractivity contribution >= 4 is 21.6 Å². The third-order valence-corrected chi connectivity index (χ3v) is 6.52. The van der Waals surface area contributed by atoms with Gasteiger partial charge in [-0.2, -0.15) is 0 Å². The van der Waals surface area contributed by atoms with Gasteiger partial charge in [-0.1, -0.05) is 42.5 Å². The number of anilines is 1. The van der Waals surface area contributed by atoms with Crippen molar-refractivity contribution in [2.45, 2.75) is 30.2 Å². The molecule has 0 saturated heterocycles. The Morgan fingerprint density at radius 1 is 0.862 bits per heavy atom. The summed E-state index contributed by atoms with van der Waals surface area (Å²) >= 11 is 0. The van der Waals surface area contributed by atoms with Crippen LogP contribution >= 0.6 is 0 Å². The minimum atomic E-state index is -3.65. The lowest BCUT2D eigenvalue weighted by Gasteiger charge is -2.26. The first-order valence-electron chi connectivity index (χ1n) is 9.59. The predicted molar refractivity (Wildman–Crippen MR) is 113 cm³/mol. The van der Waals surface area contributed by atoms with Gasteiger partial charge in [-0.05, 0) is 66.8 Å². The summed E-state index contributed by atoms with van der Waals surface area (Å²) in [5, 5.41) is 3.11. The van der Waals surface area contributed by atoms with E-state index in [9.17, 15) is 13.2 Å². The van der Waals surface area contributed by atoms with Crippen LogP contribution in [-0.2, 0) is 16.4 Å². The molecule has 3 aromatic rings. The maximum Gasteiger partial charge on any atom is 0.261 e. The van der Waals surface area contributed by atoms with E-state index in [0.717, 1.165) is 19.3 Å². The third-order valence-electron chi connectivity index (χ3n) is 5.13. The Kier molecular flexibility index (Phi) is 5.36. The molecule has 6 heteroatoms. The van der Waals surface area contributed by atoms with Gasteiger partial charge in [-0.3, -0.25) is 9.52 Å². The molecule has 0 bridgehead atoms. The van der Waals surface area contributed by atoms with Gasteiger partial charge in [0.2, 0.25) is 0 Å². The molecule has 0 saturated carbocycles. The quantitative estimate of drug-likeness (QED) is 0.664. The number of sulfonamides is 1. The number of nitrogens with one attached hydrogen (secondary N) is 2. The highest BCUT2D eigenvalue weighted by atomic mass is 32.2. The van der Waals surface area contributed by atoms with Gasteiger partial charge in [-0.15, -0.1) is 0 Å². The summed E-state index contributed by atoms with van der Waals surface area (Å²) in [6.45, 7) is 0. The van der Waals surface area contributed by atoms with Crippen LogP contribution in [0.5, 0.6) is 0 Å². The van der Waals surface area contributed by atoms with E-state index >= 15 is 0 Å². The molecular formula is C23H22N2O3S. The molecule has 1 aliphatic carbocycles. The number of fused-ring (bicyclic) bond motifs is 1. The summed E-state index contributed by atoms with van der Waals surface area (Å²) in [6, 6.07) is 22.8. The standard InChI is InChI=1S/C23H22N2O3S/c26-23(24-22-12-6-8-17-7-4-5-11-21(17)22)18-13-15-19(16-14-18)25-29(27,28)20-9-2-1-3-10-20/h1-5,7,9-11,13-16,22,25H,6,8,12H2,(H,24,26). The molecule has 148 valence electrons. The van der Waals surface area contributed by atoms with Crippen LogP contribution in [0.4, 0.5) is 5.69 Å². The van der Waals surface area contributed by atoms with Crippen LogP contribution < -0.4 is 10.0 Å². The minimum Gasteiger partial charge on any atom is -0.345 e. The SMILES string of the molecule is O=C(NC1CCCc2ccccc21)c1ccc(NS(=O)(=O)c2ccccc2)cc1. The lowest BCUT2D eigenvalue weighted by atomic mass is 9.87. The first kappa shape index (κ1) is 19.2. The van der Waals surface area contributed by atoms with E-state index in [1.807, 2.05) is 12.1 Å². The van der Waals surface area contributed by atoms with E-state index in [-0.39, 0.29) is 16.8 Å². The number of aryl methyl sites for hydroxylation is 1. The molecule has 1 unspecified atom stereocenters. The van der Waals surface area contributed by atoms with E-state index in [0.29, 0.717) is 11.3 Å². The van der Waals surface area contributed by atoms with Crippen molar-refractivity contribution in [2.24, 2.45) is 0 Å². The predicted octanol–water partition coefficient (Wildman–Crippen LogP) is 4.29. The van der Waals surface area contributed by atoms with E-state index < -0.39 is 10.0 Å². The zero-order chi connectivity index (χ0) is 20.3. The zero-order valence-corrected chi connectivity index (χ0v) is 16.7. The molecule has 1 amide bonds. The highest BCUT2D eigenvalue weighted by Gasteiger charge is 2.22. The molecule has 1 aliphatic rings. The average molecular weight is 407 g/mol. The number of amides is 1.